The molecule has 0 bridgehead atoms. The molecule has 0 radical (unpaired) electrons. The summed E-state index contributed by atoms with van der Waals surface area (Å²) >= 11 is 0. The van der Waals surface area contributed by atoms with Crippen molar-refractivity contribution in [1.29, 1.82) is 0 Å². The number of benzene rings is 1. The van der Waals surface area contributed by atoms with Gasteiger partial charge in [-0.05, 0) is 36.6 Å². The summed E-state index contributed by atoms with van der Waals surface area (Å²) in [4.78, 5) is 4.17. The van der Waals surface area contributed by atoms with E-state index in [-0.39, 0.29) is 23.3 Å². The second kappa shape index (κ2) is 6.67. The summed E-state index contributed by atoms with van der Waals surface area (Å²) in [5.74, 6) is 1.10. The number of sulfone groups is 1. The van der Waals surface area contributed by atoms with Crippen molar-refractivity contribution >= 4 is 9.84 Å². The number of rotatable bonds is 6. The number of aromatic nitrogens is 2. The lowest BCUT2D eigenvalue weighted by molar-refractivity contribution is 0.188. The van der Waals surface area contributed by atoms with Crippen LogP contribution in [0.1, 0.15) is 12.3 Å². The number of hydrogen-bond acceptors (Lipinski definition) is 7. The minimum atomic E-state index is -3.29. The van der Waals surface area contributed by atoms with Crippen LogP contribution in [0, 0.1) is 5.92 Å². The molecular weight excluding hydrogens is 320 g/mol. The molecule has 1 fully saturated rings. The average Bonchev–Trinajstić information content (AvgIpc) is 3.18. The molecular formula is C15H18N2O5S. The van der Waals surface area contributed by atoms with Crippen LogP contribution in [0.2, 0.25) is 0 Å². The van der Waals surface area contributed by atoms with Crippen molar-refractivity contribution in [2.75, 3.05) is 26.1 Å². The smallest absolute Gasteiger partial charge is 0.242 e. The quantitative estimate of drug-likeness (QED) is 0.791. The van der Waals surface area contributed by atoms with Crippen LogP contribution in [0.25, 0.3) is 11.4 Å². The Kier molecular flexibility index (Phi) is 4.63. The molecule has 0 spiro atoms. The number of ether oxygens (including phenoxy) is 2. The van der Waals surface area contributed by atoms with E-state index in [4.69, 9.17) is 14.0 Å². The van der Waals surface area contributed by atoms with E-state index in [9.17, 15) is 8.42 Å². The summed E-state index contributed by atoms with van der Waals surface area (Å²) in [5.41, 5.74) is 0.738. The first-order valence-electron chi connectivity index (χ1n) is 7.31. The second-order valence-electron chi connectivity index (χ2n) is 5.52. The van der Waals surface area contributed by atoms with Crippen LogP contribution in [0.4, 0.5) is 0 Å². The maximum absolute atomic E-state index is 12.2. The van der Waals surface area contributed by atoms with E-state index in [1.807, 2.05) is 0 Å². The number of hydrogen-bond donors (Lipinski definition) is 0. The van der Waals surface area contributed by atoms with Gasteiger partial charge in [0.2, 0.25) is 11.7 Å². The minimum absolute atomic E-state index is 0.0592. The van der Waals surface area contributed by atoms with Crippen LogP contribution in [-0.2, 0) is 20.3 Å². The third kappa shape index (κ3) is 4.08. The highest BCUT2D eigenvalue weighted by Gasteiger charge is 2.25. The molecule has 1 saturated heterocycles. The fourth-order valence-electron chi connectivity index (χ4n) is 2.49. The average molecular weight is 338 g/mol. The van der Waals surface area contributed by atoms with E-state index < -0.39 is 9.84 Å². The molecule has 1 aromatic heterocycles. The molecule has 1 aliphatic heterocycles. The summed E-state index contributed by atoms with van der Waals surface area (Å²) in [6.45, 7) is 1.13. The summed E-state index contributed by atoms with van der Waals surface area (Å²) < 4.78 is 39.7. The first-order valence-corrected chi connectivity index (χ1v) is 9.13. The molecule has 124 valence electrons. The first kappa shape index (κ1) is 15.9. The summed E-state index contributed by atoms with van der Waals surface area (Å²) in [5, 5.41) is 3.84. The third-order valence-corrected chi connectivity index (χ3v) is 5.34. The van der Waals surface area contributed by atoms with Gasteiger partial charge < -0.3 is 14.0 Å². The molecule has 0 saturated carbocycles. The van der Waals surface area contributed by atoms with Crippen molar-refractivity contribution in [1.82, 2.24) is 10.1 Å². The van der Waals surface area contributed by atoms with Crippen LogP contribution in [0.3, 0.4) is 0 Å². The third-order valence-electron chi connectivity index (χ3n) is 3.67. The Labute approximate surface area is 134 Å². The van der Waals surface area contributed by atoms with Crippen LogP contribution in [0.15, 0.2) is 28.8 Å². The minimum Gasteiger partial charge on any atom is -0.497 e. The second-order valence-corrected chi connectivity index (χ2v) is 7.63. The van der Waals surface area contributed by atoms with Gasteiger partial charge in [-0.3, -0.25) is 0 Å². The van der Waals surface area contributed by atoms with Gasteiger partial charge in [-0.2, -0.15) is 4.98 Å². The Bertz CT molecular complexity index is 748. The first-order chi connectivity index (χ1) is 11.1. The van der Waals surface area contributed by atoms with Crippen molar-refractivity contribution < 1.29 is 22.4 Å². The Hall–Kier alpha value is -1.93. The largest absolute Gasteiger partial charge is 0.497 e. The lowest BCUT2D eigenvalue weighted by atomic mass is 10.2. The van der Waals surface area contributed by atoms with Gasteiger partial charge in [-0.15, -0.1) is 0 Å². The fraction of sp³-hybridized carbons (Fsp3) is 0.467. The summed E-state index contributed by atoms with van der Waals surface area (Å²) in [6.07, 6.45) is 0.778. The molecule has 2 heterocycles. The highest BCUT2D eigenvalue weighted by molar-refractivity contribution is 7.90. The Morgan fingerprint density at radius 2 is 2.09 bits per heavy atom. The topological polar surface area (TPSA) is 91.5 Å². The van der Waals surface area contributed by atoms with Crippen molar-refractivity contribution in [2.45, 2.75) is 12.2 Å². The van der Waals surface area contributed by atoms with Crippen LogP contribution >= 0.6 is 0 Å². The highest BCUT2D eigenvalue weighted by Crippen LogP contribution is 2.21. The van der Waals surface area contributed by atoms with E-state index in [0.717, 1.165) is 17.7 Å². The molecule has 0 N–H and O–H groups in total. The molecule has 1 atom stereocenters. The maximum Gasteiger partial charge on any atom is 0.242 e. The highest BCUT2D eigenvalue weighted by atomic mass is 32.2. The van der Waals surface area contributed by atoms with Crippen LogP contribution < -0.4 is 4.74 Å². The molecule has 3 rings (SSSR count). The summed E-state index contributed by atoms with van der Waals surface area (Å²) in [7, 11) is -1.71. The van der Waals surface area contributed by atoms with Gasteiger partial charge in [0.25, 0.3) is 0 Å². The molecule has 1 aromatic carbocycles. The predicted octanol–water partition coefficient (Wildman–Crippen LogP) is 1.70. The zero-order valence-electron chi connectivity index (χ0n) is 12.8. The van der Waals surface area contributed by atoms with Gasteiger partial charge in [-0.1, -0.05) is 5.16 Å². The van der Waals surface area contributed by atoms with Crippen molar-refractivity contribution in [3.05, 3.63) is 30.2 Å². The zero-order valence-corrected chi connectivity index (χ0v) is 13.6. The molecule has 8 heteroatoms. The van der Waals surface area contributed by atoms with Gasteiger partial charge in [0.1, 0.15) is 11.5 Å². The molecule has 23 heavy (non-hydrogen) atoms. The monoisotopic (exact) mass is 338 g/mol. The number of nitrogens with zero attached hydrogens (tertiary/aromatic N) is 2. The number of methoxy groups -OCH3 is 1. The lowest BCUT2D eigenvalue weighted by Gasteiger charge is -2.06. The molecule has 0 aliphatic carbocycles. The fourth-order valence-corrected chi connectivity index (χ4v) is 4.08. The Morgan fingerprint density at radius 1 is 1.30 bits per heavy atom. The van der Waals surface area contributed by atoms with Gasteiger partial charge in [-0.25, -0.2) is 8.42 Å². The van der Waals surface area contributed by atoms with E-state index in [2.05, 4.69) is 10.1 Å². The standard InChI is InChI=1S/C15H18N2O5S/c1-20-13-4-2-12(3-5-13)15-16-14(22-17-15)10-23(18,19)9-11-6-7-21-8-11/h2-5,11H,6-10H2,1H3. The van der Waals surface area contributed by atoms with Gasteiger partial charge >= 0.3 is 0 Å². The zero-order chi connectivity index (χ0) is 16.3. The van der Waals surface area contributed by atoms with Crippen molar-refractivity contribution in [3.8, 4) is 17.1 Å². The molecule has 7 nitrogen and oxygen atoms in total. The normalized spacial score (nSPS) is 18.2. The lowest BCUT2D eigenvalue weighted by Crippen LogP contribution is -2.18. The Balaban J connectivity index is 1.68. The SMILES string of the molecule is COc1ccc(-c2noc(CS(=O)(=O)CC3CCOC3)n2)cc1. The van der Waals surface area contributed by atoms with E-state index >= 15 is 0 Å². The van der Waals surface area contributed by atoms with E-state index in [0.29, 0.717) is 19.0 Å². The van der Waals surface area contributed by atoms with Crippen molar-refractivity contribution in [2.24, 2.45) is 5.92 Å². The predicted molar refractivity (Wildman–Crippen MR) is 82.7 cm³/mol. The molecule has 2 aromatic rings. The van der Waals surface area contributed by atoms with Gasteiger partial charge in [0, 0.05) is 12.2 Å². The molecule has 0 amide bonds. The van der Waals surface area contributed by atoms with Gasteiger partial charge in [0.05, 0.1) is 19.5 Å². The van der Waals surface area contributed by atoms with E-state index in [1.54, 1.807) is 31.4 Å². The van der Waals surface area contributed by atoms with Gasteiger partial charge in [0.15, 0.2) is 9.84 Å². The van der Waals surface area contributed by atoms with E-state index in [1.165, 1.54) is 0 Å². The maximum atomic E-state index is 12.2. The summed E-state index contributed by atoms with van der Waals surface area (Å²) in [6, 6.07) is 7.14. The van der Waals surface area contributed by atoms with Crippen LogP contribution in [0.5, 0.6) is 5.75 Å². The van der Waals surface area contributed by atoms with Crippen LogP contribution in [-0.4, -0.2) is 44.6 Å². The van der Waals surface area contributed by atoms with Crippen molar-refractivity contribution in [3.63, 3.8) is 0 Å². The Morgan fingerprint density at radius 3 is 2.74 bits per heavy atom. The molecule has 1 aliphatic rings. The molecule has 1 unspecified atom stereocenters.